The molecule has 0 saturated heterocycles. The first-order valence-corrected chi connectivity index (χ1v) is 12.5. The van der Waals surface area contributed by atoms with Crippen LogP contribution in [-0.2, 0) is 24.1 Å². The molecule has 3 rings (SSSR count). The molecule has 0 aliphatic heterocycles. The van der Waals surface area contributed by atoms with Gasteiger partial charge in [0.2, 0.25) is 0 Å². The number of carbonyl (C=O) groups excluding carboxylic acids is 1. The van der Waals surface area contributed by atoms with Gasteiger partial charge in [0.25, 0.3) is 0 Å². The lowest BCUT2D eigenvalue weighted by Crippen LogP contribution is -2.39. The van der Waals surface area contributed by atoms with Crippen molar-refractivity contribution in [3.05, 3.63) is 23.8 Å². The molecule has 1 aliphatic carbocycles. The highest BCUT2D eigenvalue weighted by Crippen LogP contribution is 2.35. The van der Waals surface area contributed by atoms with Gasteiger partial charge in [-0.05, 0) is 62.7 Å². The summed E-state index contributed by atoms with van der Waals surface area (Å²) in [6.45, 7) is 7.98. The fourth-order valence-corrected chi connectivity index (χ4v) is 4.73. The van der Waals surface area contributed by atoms with Gasteiger partial charge in [-0.2, -0.15) is 0 Å². The predicted octanol–water partition coefficient (Wildman–Crippen LogP) is 4.12. The summed E-state index contributed by atoms with van der Waals surface area (Å²) in [6, 6.07) is 0. The van der Waals surface area contributed by atoms with E-state index < -0.39 is 0 Å². The van der Waals surface area contributed by atoms with Crippen LogP contribution >= 0.6 is 0 Å². The van der Waals surface area contributed by atoms with Crippen LogP contribution in [0.1, 0.15) is 77.1 Å². The average Bonchev–Trinajstić information content (AvgIpc) is 3.39. The second-order valence-corrected chi connectivity index (χ2v) is 9.88. The first kappa shape index (κ1) is 25.1. The first-order valence-electron chi connectivity index (χ1n) is 12.5. The minimum atomic E-state index is -0.295. The minimum absolute atomic E-state index is 0.0317. The third kappa shape index (κ3) is 8.37. The van der Waals surface area contributed by atoms with Gasteiger partial charge in [-0.1, -0.05) is 38.8 Å². The van der Waals surface area contributed by atoms with E-state index in [1.807, 2.05) is 10.9 Å². The number of rotatable bonds is 12. The van der Waals surface area contributed by atoms with Crippen LogP contribution in [0.5, 0.6) is 0 Å². The predicted molar refractivity (Wildman–Crippen MR) is 129 cm³/mol. The SMILES string of the molecule is CC(C)[C@@H]1CC[C@@H](C)C[C@H]1OC(=O)NCCCn1cc(CCCCCc2cnc(N)[nH]2)nn1. The van der Waals surface area contributed by atoms with E-state index in [4.69, 9.17) is 10.5 Å². The molecule has 0 radical (unpaired) electrons. The van der Waals surface area contributed by atoms with Crippen LogP contribution in [-0.4, -0.2) is 43.7 Å². The number of amides is 1. The Morgan fingerprint density at radius 3 is 2.85 bits per heavy atom. The summed E-state index contributed by atoms with van der Waals surface area (Å²) in [4.78, 5) is 19.4. The summed E-state index contributed by atoms with van der Waals surface area (Å²) >= 11 is 0. The molecule has 184 valence electrons. The number of nitrogen functional groups attached to an aromatic ring is 1. The monoisotopic (exact) mass is 459 g/mol. The van der Waals surface area contributed by atoms with Crippen molar-refractivity contribution in [1.82, 2.24) is 30.3 Å². The maximum Gasteiger partial charge on any atom is 0.407 e. The molecular formula is C24H41N7O2. The number of nitrogens with two attached hydrogens (primary N) is 1. The molecule has 0 spiro atoms. The Kier molecular flexibility index (Phi) is 9.57. The Morgan fingerprint density at radius 2 is 2.09 bits per heavy atom. The van der Waals surface area contributed by atoms with Crippen LogP contribution in [0.4, 0.5) is 10.7 Å². The number of hydrogen-bond donors (Lipinski definition) is 3. The van der Waals surface area contributed by atoms with Gasteiger partial charge in [0, 0.05) is 25.0 Å². The number of imidazole rings is 1. The Morgan fingerprint density at radius 1 is 1.27 bits per heavy atom. The summed E-state index contributed by atoms with van der Waals surface area (Å²) < 4.78 is 7.64. The number of nitrogens with zero attached hydrogens (tertiary/aromatic N) is 4. The van der Waals surface area contributed by atoms with Gasteiger partial charge >= 0.3 is 6.09 Å². The lowest BCUT2D eigenvalue weighted by molar-refractivity contribution is 0.00620. The highest BCUT2D eigenvalue weighted by Gasteiger charge is 2.33. The third-order valence-electron chi connectivity index (χ3n) is 6.67. The zero-order chi connectivity index (χ0) is 23.6. The molecule has 4 N–H and O–H groups in total. The number of carbonyl (C=O) groups is 1. The van der Waals surface area contributed by atoms with Gasteiger partial charge in [-0.15, -0.1) is 5.10 Å². The van der Waals surface area contributed by atoms with Crippen molar-refractivity contribution in [1.29, 1.82) is 0 Å². The molecule has 2 heterocycles. The van der Waals surface area contributed by atoms with Crippen LogP contribution in [0.2, 0.25) is 0 Å². The lowest BCUT2D eigenvalue weighted by Gasteiger charge is -2.36. The molecule has 0 aromatic carbocycles. The summed E-state index contributed by atoms with van der Waals surface area (Å²) in [6.07, 6.45) is 12.8. The van der Waals surface area contributed by atoms with Crippen molar-refractivity contribution in [2.45, 2.75) is 91.2 Å². The fraction of sp³-hybridized carbons (Fsp3) is 0.750. The Hall–Kier alpha value is -2.58. The number of unbranched alkanes of at least 4 members (excludes halogenated alkanes) is 2. The standard InChI is InChI=1S/C24H41N7O2/c1-17(2)21-11-10-18(3)14-22(21)33-24(32)26-12-7-13-31-16-20(29-30-31)9-6-4-5-8-19-15-27-23(25)28-19/h15-18,21-22H,4-14H2,1-3H3,(H,26,32)(H3,25,27,28)/t18-,21+,22-/m1/s1. The molecule has 0 bridgehead atoms. The molecule has 1 fully saturated rings. The molecule has 0 unspecified atom stereocenters. The Balaban J connectivity index is 1.26. The van der Waals surface area contributed by atoms with Gasteiger partial charge in [-0.3, -0.25) is 4.68 Å². The minimum Gasteiger partial charge on any atom is -0.446 e. The van der Waals surface area contributed by atoms with E-state index in [0.717, 1.165) is 69.3 Å². The van der Waals surface area contributed by atoms with E-state index in [1.54, 1.807) is 6.20 Å². The van der Waals surface area contributed by atoms with Crippen molar-refractivity contribution in [2.24, 2.45) is 17.8 Å². The number of aromatic amines is 1. The highest BCUT2D eigenvalue weighted by molar-refractivity contribution is 5.67. The third-order valence-corrected chi connectivity index (χ3v) is 6.67. The number of aromatic nitrogens is 5. The second kappa shape index (κ2) is 12.6. The van der Waals surface area contributed by atoms with E-state index in [9.17, 15) is 4.79 Å². The normalized spacial score (nSPS) is 20.8. The van der Waals surface area contributed by atoms with Gasteiger partial charge in [-0.25, -0.2) is 9.78 Å². The summed E-state index contributed by atoms with van der Waals surface area (Å²) in [5, 5.41) is 11.4. The molecule has 1 saturated carbocycles. The van der Waals surface area contributed by atoms with E-state index in [1.165, 1.54) is 6.42 Å². The van der Waals surface area contributed by atoms with E-state index in [0.29, 0.717) is 30.2 Å². The number of hydrogen-bond acceptors (Lipinski definition) is 6. The Labute approximate surface area is 197 Å². The van der Waals surface area contributed by atoms with Gasteiger partial charge < -0.3 is 20.8 Å². The van der Waals surface area contributed by atoms with E-state index >= 15 is 0 Å². The second-order valence-electron chi connectivity index (χ2n) is 9.88. The number of aryl methyl sites for hydroxylation is 3. The largest absolute Gasteiger partial charge is 0.446 e. The fourth-order valence-electron chi connectivity index (χ4n) is 4.73. The molecule has 33 heavy (non-hydrogen) atoms. The molecule has 3 atom stereocenters. The van der Waals surface area contributed by atoms with Gasteiger partial charge in [0.15, 0.2) is 5.95 Å². The number of H-pyrrole nitrogens is 1. The van der Waals surface area contributed by atoms with Crippen molar-refractivity contribution in [3.8, 4) is 0 Å². The van der Waals surface area contributed by atoms with E-state index in [2.05, 4.69) is 46.4 Å². The quantitative estimate of drug-likeness (QED) is 0.410. The maximum absolute atomic E-state index is 12.3. The van der Waals surface area contributed by atoms with Crippen molar-refractivity contribution < 1.29 is 9.53 Å². The molecule has 2 aromatic rings. The first-order chi connectivity index (χ1) is 15.9. The maximum atomic E-state index is 12.3. The van der Waals surface area contributed by atoms with Crippen LogP contribution in [0.25, 0.3) is 0 Å². The molecular weight excluding hydrogens is 418 g/mol. The molecule has 9 nitrogen and oxygen atoms in total. The van der Waals surface area contributed by atoms with Crippen molar-refractivity contribution >= 4 is 12.0 Å². The zero-order valence-electron chi connectivity index (χ0n) is 20.4. The highest BCUT2D eigenvalue weighted by atomic mass is 16.6. The van der Waals surface area contributed by atoms with Crippen molar-refractivity contribution in [2.75, 3.05) is 12.3 Å². The number of alkyl carbamates (subject to hydrolysis) is 1. The number of anilines is 1. The lowest BCUT2D eigenvalue weighted by atomic mass is 9.75. The Bertz CT molecular complexity index is 847. The topological polar surface area (TPSA) is 124 Å². The van der Waals surface area contributed by atoms with Crippen LogP contribution < -0.4 is 11.1 Å². The average molecular weight is 460 g/mol. The van der Waals surface area contributed by atoms with Crippen LogP contribution in [0.15, 0.2) is 12.4 Å². The summed E-state index contributed by atoms with van der Waals surface area (Å²) in [7, 11) is 0. The van der Waals surface area contributed by atoms with E-state index in [-0.39, 0.29) is 12.2 Å². The molecule has 1 amide bonds. The van der Waals surface area contributed by atoms with Crippen LogP contribution in [0, 0.1) is 17.8 Å². The zero-order valence-corrected chi connectivity index (χ0v) is 20.4. The summed E-state index contributed by atoms with van der Waals surface area (Å²) in [5.74, 6) is 2.10. The van der Waals surface area contributed by atoms with Gasteiger partial charge in [0.05, 0.1) is 11.9 Å². The molecule has 2 aromatic heterocycles. The summed E-state index contributed by atoms with van der Waals surface area (Å²) in [5.41, 5.74) is 7.69. The van der Waals surface area contributed by atoms with Gasteiger partial charge in [0.1, 0.15) is 6.10 Å². The number of ether oxygens (including phenoxy) is 1. The molecule has 9 heteroatoms. The molecule has 1 aliphatic rings. The smallest absolute Gasteiger partial charge is 0.407 e. The van der Waals surface area contributed by atoms with Crippen molar-refractivity contribution in [3.63, 3.8) is 0 Å². The number of nitrogens with one attached hydrogen (secondary N) is 2. The van der Waals surface area contributed by atoms with Crippen LogP contribution in [0.3, 0.4) is 0 Å².